The van der Waals surface area contributed by atoms with E-state index >= 15 is 0 Å². The summed E-state index contributed by atoms with van der Waals surface area (Å²) >= 11 is 12.8. The second-order valence-electron chi connectivity index (χ2n) is 10.4. The summed E-state index contributed by atoms with van der Waals surface area (Å²) in [5.41, 5.74) is 1.43. The zero-order valence-electron chi connectivity index (χ0n) is 21.0. The largest absolute Gasteiger partial charge is 0.444 e. The number of piperidine rings is 2. The third-order valence-corrected chi connectivity index (χ3v) is 7.01. The minimum atomic E-state index is -0.553. The van der Waals surface area contributed by atoms with Crippen molar-refractivity contribution in [1.82, 2.24) is 14.8 Å². The summed E-state index contributed by atoms with van der Waals surface area (Å²) in [6.07, 6.45) is 3.17. The second kappa shape index (κ2) is 9.79. The van der Waals surface area contributed by atoms with Gasteiger partial charge >= 0.3 is 6.09 Å². The number of fused-ring (bicyclic) bond motifs is 3. The fourth-order valence-corrected chi connectivity index (χ4v) is 5.37. The van der Waals surface area contributed by atoms with Gasteiger partial charge < -0.3 is 19.4 Å². The van der Waals surface area contributed by atoms with E-state index in [1.165, 1.54) is 4.90 Å². The molecule has 0 N–H and O–H groups in total. The van der Waals surface area contributed by atoms with Crippen LogP contribution in [0.25, 0.3) is 11.1 Å². The van der Waals surface area contributed by atoms with Crippen LogP contribution < -0.4 is 4.90 Å². The molecule has 3 fully saturated rings. The number of carbonyl (C=O) groups is 2. The van der Waals surface area contributed by atoms with E-state index < -0.39 is 5.60 Å². The number of piperazine rings is 1. The number of pyridine rings is 1. The highest BCUT2D eigenvalue weighted by molar-refractivity contribution is 6.40. The number of aromatic nitrogens is 1. The number of anilines is 1. The van der Waals surface area contributed by atoms with Gasteiger partial charge in [-0.25, -0.2) is 9.78 Å². The highest BCUT2D eigenvalue weighted by atomic mass is 35.5. The Kier molecular flexibility index (Phi) is 7.09. The number of halogens is 2. The van der Waals surface area contributed by atoms with E-state index in [1.807, 2.05) is 20.8 Å². The first-order valence-electron chi connectivity index (χ1n) is 11.8. The summed E-state index contributed by atoms with van der Waals surface area (Å²) in [4.78, 5) is 35.1. The van der Waals surface area contributed by atoms with Crippen molar-refractivity contribution >= 4 is 41.0 Å². The Morgan fingerprint density at radius 3 is 2.25 bits per heavy atom. The minimum Gasteiger partial charge on any atom is -0.444 e. The van der Waals surface area contributed by atoms with Crippen molar-refractivity contribution in [2.45, 2.75) is 51.3 Å². The zero-order chi connectivity index (χ0) is 26.4. The van der Waals surface area contributed by atoms with E-state index in [9.17, 15) is 14.9 Å². The van der Waals surface area contributed by atoms with Gasteiger partial charge in [0.05, 0.1) is 27.2 Å². The lowest BCUT2D eigenvalue weighted by Crippen LogP contribution is -2.64. The molecule has 190 valence electrons. The Labute approximate surface area is 221 Å². The van der Waals surface area contributed by atoms with Gasteiger partial charge in [-0.2, -0.15) is 5.26 Å². The first-order valence-corrected chi connectivity index (χ1v) is 12.5. The highest BCUT2D eigenvalue weighted by Gasteiger charge is 2.43. The van der Waals surface area contributed by atoms with Crippen molar-refractivity contribution in [3.63, 3.8) is 0 Å². The van der Waals surface area contributed by atoms with Crippen LogP contribution in [-0.2, 0) is 4.74 Å². The van der Waals surface area contributed by atoms with E-state index in [0.29, 0.717) is 35.6 Å². The summed E-state index contributed by atoms with van der Waals surface area (Å²) in [7, 11) is 3.26. The van der Waals surface area contributed by atoms with E-state index in [0.717, 1.165) is 12.8 Å². The Hall–Kier alpha value is -3.02. The van der Waals surface area contributed by atoms with E-state index in [2.05, 4.69) is 16.0 Å². The lowest BCUT2D eigenvalue weighted by Gasteiger charge is -2.51. The number of nitriles is 1. The molecule has 36 heavy (non-hydrogen) atoms. The summed E-state index contributed by atoms with van der Waals surface area (Å²) in [6, 6.07) is 7.38. The molecule has 2 atom stereocenters. The fraction of sp³-hybridized carbons (Fsp3) is 0.462. The maximum Gasteiger partial charge on any atom is 0.410 e. The standard InChI is InChI=1S/C26H29Cl2N5O3/c1-26(2,3)36-25(35)33-14-18-6-7-19(33)13-32(18)23-16(11-29)8-17(12-30-23)15-9-20(27)22(21(28)10-15)24(34)31(4)5/h8-10,12,18-19H,6-7,13-14H2,1-5H3. The van der Waals surface area contributed by atoms with Crippen LogP contribution in [0.1, 0.15) is 49.5 Å². The molecule has 2 unspecified atom stereocenters. The van der Waals surface area contributed by atoms with Crippen molar-refractivity contribution in [2.24, 2.45) is 0 Å². The smallest absolute Gasteiger partial charge is 0.410 e. The number of amides is 2. The molecule has 1 aromatic carbocycles. The summed E-state index contributed by atoms with van der Waals surface area (Å²) in [6.45, 7) is 6.69. The van der Waals surface area contributed by atoms with Gasteiger partial charge in [-0.15, -0.1) is 0 Å². The molecule has 2 aromatic rings. The molecule has 3 saturated heterocycles. The van der Waals surface area contributed by atoms with Crippen molar-refractivity contribution < 1.29 is 14.3 Å². The third-order valence-electron chi connectivity index (χ3n) is 6.41. The van der Waals surface area contributed by atoms with E-state index in [1.54, 1.807) is 43.4 Å². The van der Waals surface area contributed by atoms with Gasteiger partial charge in [-0.1, -0.05) is 23.2 Å². The molecule has 0 spiro atoms. The SMILES string of the molecule is CN(C)C(=O)c1c(Cl)cc(-c2cnc(N3CC4CCC3CN4C(=O)OC(C)(C)C)c(C#N)c2)cc1Cl. The predicted octanol–water partition coefficient (Wildman–Crippen LogP) is 5.22. The van der Waals surface area contributed by atoms with Crippen LogP contribution in [-0.4, -0.2) is 71.7 Å². The molecule has 0 aliphatic carbocycles. The number of carbonyl (C=O) groups excluding carboxylic acids is 2. The van der Waals surface area contributed by atoms with E-state index in [4.69, 9.17) is 27.9 Å². The summed E-state index contributed by atoms with van der Waals surface area (Å²) < 4.78 is 5.59. The number of benzene rings is 1. The van der Waals surface area contributed by atoms with Crippen LogP contribution in [0.2, 0.25) is 10.0 Å². The maximum atomic E-state index is 12.7. The van der Waals surface area contributed by atoms with Crippen molar-refractivity contribution in [3.05, 3.63) is 45.6 Å². The summed E-state index contributed by atoms with van der Waals surface area (Å²) in [5, 5.41) is 10.4. The summed E-state index contributed by atoms with van der Waals surface area (Å²) in [5.74, 6) is 0.305. The highest BCUT2D eigenvalue weighted by Crippen LogP contribution is 2.37. The zero-order valence-corrected chi connectivity index (χ0v) is 22.5. The Morgan fingerprint density at radius 1 is 1.08 bits per heavy atom. The van der Waals surface area contributed by atoms with Crippen LogP contribution in [0.15, 0.2) is 24.4 Å². The van der Waals surface area contributed by atoms with Crippen LogP contribution in [0.3, 0.4) is 0 Å². The van der Waals surface area contributed by atoms with Gasteiger partial charge in [0, 0.05) is 45.0 Å². The van der Waals surface area contributed by atoms with Gasteiger partial charge in [0.25, 0.3) is 5.91 Å². The van der Waals surface area contributed by atoms with Crippen LogP contribution >= 0.6 is 23.2 Å². The lowest BCUT2D eigenvalue weighted by atomic mass is 9.90. The first-order chi connectivity index (χ1) is 16.9. The molecule has 1 aromatic heterocycles. The van der Waals surface area contributed by atoms with Crippen LogP contribution in [0, 0.1) is 11.3 Å². The third kappa shape index (κ3) is 5.09. The molecule has 3 aliphatic heterocycles. The average molecular weight is 530 g/mol. The number of nitrogens with zero attached hydrogens (tertiary/aromatic N) is 5. The Morgan fingerprint density at radius 2 is 1.72 bits per heavy atom. The normalized spacial score (nSPS) is 19.2. The van der Waals surface area contributed by atoms with E-state index in [-0.39, 0.29) is 39.7 Å². The number of hydrogen-bond acceptors (Lipinski definition) is 6. The molecule has 2 amide bonds. The van der Waals surface area contributed by atoms with Gasteiger partial charge in [-0.05, 0) is 57.4 Å². The topological polar surface area (TPSA) is 89.8 Å². The molecule has 0 radical (unpaired) electrons. The lowest BCUT2D eigenvalue weighted by molar-refractivity contribution is 0.000774. The van der Waals surface area contributed by atoms with Gasteiger partial charge in [0.15, 0.2) is 0 Å². The number of ether oxygens (including phenoxy) is 1. The quantitative estimate of drug-likeness (QED) is 0.541. The molecule has 4 heterocycles. The van der Waals surface area contributed by atoms with Gasteiger partial charge in [0.1, 0.15) is 17.5 Å². The number of rotatable bonds is 3. The molecule has 3 aliphatic rings. The van der Waals surface area contributed by atoms with Gasteiger partial charge in [-0.3, -0.25) is 4.79 Å². The first kappa shape index (κ1) is 26.1. The van der Waals surface area contributed by atoms with Crippen molar-refractivity contribution in [1.29, 1.82) is 5.26 Å². The Balaban J connectivity index is 1.60. The number of hydrogen-bond donors (Lipinski definition) is 0. The molecule has 10 heteroatoms. The van der Waals surface area contributed by atoms with Crippen molar-refractivity contribution in [2.75, 3.05) is 32.1 Å². The van der Waals surface area contributed by atoms with Crippen molar-refractivity contribution in [3.8, 4) is 17.2 Å². The monoisotopic (exact) mass is 529 g/mol. The molecular formula is C26H29Cl2N5O3. The average Bonchev–Trinajstić information content (AvgIpc) is 2.82. The predicted molar refractivity (Wildman–Crippen MR) is 140 cm³/mol. The Bertz CT molecular complexity index is 1230. The molecule has 5 rings (SSSR count). The minimum absolute atomic E-state index is 0.00254. The molecule has 0 saturated carbocycles. The second-order valence-corrected chi connectivity index (χ2v) is 11.2. The van der Waals surface area contributed by atoms with Gasteiger partial charge in [0.2, 0.25) is 0 Å². The maximum absolute atomic E-state index is 12.7. The molecule has 8 nitrogen and oxygen atoms in total. The molecular weight excluding hydrogens is 501 g/mol. The fourth-order valence-electron chi connectivity index (χ4n) is 4.73. The molecule has 2 bridgehead atoms. The van der Waals surface area contributed by atoms with Crippen LogP contribution in [0.4, 0.5) is 10.6 Å². The van der Waals surface area contributed by atoms with Crippen LogP contribution in [0.5, 0.6) is 0 Å².